The number of pyridine rings is 1. The summed E-state index contributed by atoms with van der Waals surface area (Å²) in [6, 6.07) is 12.9. The number of hydrogen-bond donors (Lipinski definition) is 2. The molecule has 0 saturated carbocycles. The molecule has 3 N–H and O–H groups in total. The normalized spacial score (nSPS) is 16.1. The molecule has 1 unspecified atom stereocenters. The molecular weight excluding hydrogens is 547 g/mol. The van der Waals surface area contributed by atoms with Crippen LogP contribution in [0.5, 0.6) is 0 Å². The van der Waals surface area contributed by atoms with Crippen LogP contribution in [0.4, 0.5) is 15.0 Å². The Kier molecular flexibility index (Phi) is 8.71. The molecule has 0 spiro atoms. The summed E-state index contributed by atoms with van der Waals surface area (Å²) in [7, 11) is -3.41. The second-order valence-corrected chi connectivity index (χ2v) is 11.7. The summed E-state index contributed by atoms with van der Waals surface area (Å²) >= 11 is 6.57. The van der Waals surface area contributed by atoms with E-state index in [0.717, 1.165) is 18.4 Å². The average Bonchev–Trinajstić information content (AvgIpc) is 3.40. The molecular formula is C27H28ClFN4O5S. The number of benzene rings is 2. The number of sulfone groups is 1. The van der Waals surface area contributed by atoms with Gasteiger partial charge in [0, 0.05) is 12.7 Å². The van der Waals surface area contributed by atoms with Crippen LogP contribution in [0.15, 0.2) is 65.7 Å². The minimum Gasteiger partial charge on any atom is -0.447 e. The number of ether oxygens (including phenoxy) is 1. The number of amides is 2. The van der Waals surface area contributed by atoms with Gasteiger partial charge in [0.2, 0.25) is 0 Å². The SMILES string of the molecule is CCS(=O)(=O)c1ccc([C@H](COC(N)=O)NC(=O)c2cnc(N3CCCC3c3cccc(F)c3)c(Cl)c2)cc1. The van der Waals surface area contributed by atoms with Crippen LogP contribution in [0.2, 0.25) is 5.02 Å². The van der Waals surface area contributed by atoms with E-state index in [1.807, 2.05) is 11.0 Å². The van der Waals surface area contributed by atoms with Crippen LogP contribution in [-0.2, 0) is 14.6 Å². The number of primary amides is 1. The van der Waals surface area contributed by atoms with Crippen molar-refractivity contribution in [1.82, 2.24) is 10.3 Å². The van der Waals surface area contributed by atoms with Crippen LogP contribution in [0.1, 0.15) is 53.3 Å². The molecule has 2 atom stereocenters. The zero-order valence-electron chi connectivity index (χ0n) is 21.1. The van der Waals surface area contributed by atoms with Gasteiger partial charge in [-0.3, -0.25) is 4.79 Å². The Morgan fingerprint density at radius 1 is 1.23 bits per heavy atom. The number of rotatable bonds is 9. The highest BCUT2D eigenvalue weighted by molar-refractivity contribution is 7.91. The second kappa shape index (κ2) is 12.0. The van der Waals surface area contributed by atoms with Crippen molar-refractivity contribution < 1.29 is 27.1 Å². The van der Waals surface area contributed by atoms with E-state index in [1.54, 1.807) is 13.0 Å². The number of anilines is 1. The summed E-state index contributed by atoms with van der Waals surface area (Å²) in [5.41, 5.74) is 6.60. The van der Waals surface area contributed by atoms with Crippen molar-refractivity contribution in [2.75, 3.05) is 23.8 Å². The van der Waals surface area contributed by atoms with Crippen molar-refractivity contribution in [2.45, 2.75) is 36.7 Å². The van der Waals surface area contributed by atoms with Gasteiger partial charge in [-0.15, -0.1) is 0 Å². The number of hydrogen-bond acceptors (Lipinski definition) is 7. The molecule has 2 heterocycles. The van der Waals surface area contributed by atoms with Gasteiger partial charge in [0.05, 0.1) is 33.3 Å². The highest BCUT2D eigenvalue weighted by atomic mass is 35.5. The Hall–Kier alpha value is -3.70. The Balaban J connectivity index is 1.54. The first kappa shape index (κ1) is 28.3. The van der Waals surface area contributed by atoms with E-state index < -0.39 is 27.9 Å². The van der Waals surface area contributed by atoms with Gasteiger partial charge in [-0.1, -0.05) is 42.8 Å². The third kappa shape index (κ3) is 6.66. The molecule has 0 bridgehead atoms. The predicted molar refractivity (Wildman–Crippen MR) is 145 cm³/mol. The molecule has 3 aromatic rings. The summed E-state index contributed by atoms with van der Waals surface area (Å²) in [4.78, 5) is 30.9. The summed E-state index contributed by atoms with van der Waals surface area (Å²) in [6.45, 7) is 1.95. The van der Waals surface area contributed by atoms with Gasteiger partial charge in [-0.2, -0.15) is 0 Å². The predicted octanol–water partition coefficient (Wildman–Crippen LogP) is 4.58. The maximum Gasteiger partial charge on any atom is 0.404 e. The molecule has 1 aliphatic heterocycles. The lowest BCUT2D eigenvalue weighted by atomic mass is 10.0. The maximum absolute atomic E-state index is 13.8. The number of carbonyl (C=O) groups excluding carboxylic acids is 2. The number of nitrogens with two attached hydrogens (primary N) is 1. The van der Waals surface area contributed by atoms with Crippen LogP contribution in [0.3, 0.4) is 0 Å². The maximum atomic E-state index is 13.8. The van der Waals surface area contributed by atoms with Gasteiger partial charge in [0.1, 0.15) is 18.2 Å². The van der Waals surface area contributed by atoms with Crippen molar-refractivity contribution >= 4 is 39.3 Å². The van der Waals surface area contributed by atoms with E-state index in [1.165, 1.54) is 48.7 Å². The molecule has 206 valence electrons. The summed E-state index contributed by atoms with van der Waals surface area (Å²) < 4.78 is 43.0. The van der Waals surface area contributed by atoms with Crippen LogP contribution in [0, 0.1) is 5.82 Å². The van der Waals surface area contributed by atoms with Crippen molar-refractivity contribution in [3.63, 3.8) is 0 Å². The van der Waals surface area contributed by atoms with E-state index >= 15 is 0 Å². The van der Waals surface area contributed by atoms with E-state index in [2.05, 4.69) is 10.3 Å². The van der Waals surface area contributed by atoms with Gasteiger partial charge in [0.25, 0.3) is 5.91 Å². The van der Waals surface area contributed by atoms with Gasteiger partial charge >= 0.3 is 6.09 Å². The summed E-state index contributed by atoms with van der Waals surface area (Å²) in [5, 5.41) is 3.01. The smallest absolute Gasteiger partial charge is 0.404 e. The average molecular weight is 575 g/mol. The number of aromatic nitrogens is 1. The fourth-order valence-corrected chi connectivity index (χ4v) is 5.71. The molecule has 39 heavy (non-hydrogen) atoms. The lowest BCUT2D eigenvalue weighted by molar-refractivity contribution is 0.0898. The van der Waals surface area contributed by atoms with Gasteiger partial charge < -0.3 is 20.7 Å². The number of carbonyl (C=O) groups is 2. The second-order valence-electron chi connectivity index (χ2n) is 9.06. The molecule has 1 aliphatic rings. The van der Waals surface area contributed by atoms with E-state index in [4.69, 9.17) is 22.1 Å². The molecule has 2 amide bonds. The van der Waals surface area contributed by atoms with Crippen molar-refractivity contribution in [2.24, 2.45) is 5.73 Å². The molecule has 0 aliphatic carbocycles. The zero-order chi connectivity index (χ0) is 28.2. The topological polar surface area (TPSA) is 132 Å². The molecule has 1 saturated heterocycles. The van der Waals surface area contributed by atoms with Crippen molar-refractivity contribution in [1.29, 1.82) is 0 Å². The van der Waals surface area contributed by atoms with Crippen LogP contribution >= 0.6 is 11.6 Å². The van der Waals surface area contributed by atoms with E-state index in [0.29, 0.717) is 17.9 Å². The van der Waals surface area contributed by atoms with Crippen molar-refractivity contribution in [3.8, 4) is 0 Å². The standard InChI is InChI=1S/C27H28ClFN4O5S/c1-2-39(36,37)21-10-8-17(9-11-21)23(16-38-27(30)35)32-26(34)19-14-22(28)25(31-15-19)33-12-4-7-24(33)18-5-3-6-20(29)13-18/h3,5-6,8-11,13-15,23-24H,2,4,7,12,16H2,1H3,(H2,30,35)(H,32,34)/t23-,24?/m0/s1. The van der Waals surface area contributed by atoms with Crippen LogP contribution in [-0.4, -0.2) is 44.3 Å². The number of nitrogens with zero attached hydrogens (tertiary/aromatic N) is 2. The first-order valence-electron chi connectivity index (χ1n) is 12.3. The van der Waals surface area contributed by atoms with E-state index in [9.17, 15) is 22.4 Å². The fourth-order valence-electron chi connectivity index (χ4n) is 4.55. The first-order chi connectivity index (χ1) is 18.6. The van der Waals surface area contributed by atoms with Crippen LogP contribution < -0.4 is 16.0 Å². The molecule has 0 radical (unpaired) electrons. The monoisotopic (exact) mass is 574 g/mol. The molecule has 4 rings (SSSR count). The lowest BCUT2D eigenvalue weighted by Crippen LogP contribution is -2.33. The zero-order valence-corrected chi connectivity index (χ0v) is 22.7. The number of halogens is 2. The quantitative estimate of drug-likeness (QED) is 0.382. The third-order valence-electron chi connectivity index (χ3n) is 6.56. The Bertz CT molecular complexity index is 1470. The van der Waals surface area contributed by atoms with Gasteiger partial charge in [-0.25, -0.2) is 22.6 Å². The summed E-state index contributed by atoms with van der Waals surface area (Å²) in [6.07, 6.45) is 2.05. The van der Waals surface area contributed by atoms with Crippen molar-refractivity contribution in [3.05, 3.63) is 88.3 Å². The molecule has 12 heteroatoms. The lowest BCUT2D eigenvalue weighted by Gasteiger charge is -2.27. The van der Waals surface area contributed by atoms with Gasteiger partial charge in [-0.05, 0) is 54.3 Å². The molecule has 2 aromatic carbocycles. The number of nitrogens with one attached hydrogen (secondary N) is 1. The van der Waals surface area contributed by atoms with Crippen LogP contribution in [0.25, 0.3) is 0 Å². The molecule has 1 fully saturated rings. The largest absolute Gasteiger partial charge is 0.447 e. The summed E-state index contributed by atoms with van der Waals surface area (Å²) in [5.74, 6) is -0.424. The highest BCUT2D eigenvalue weighted by Crippen LogP contribution is 2.38. The van der Waals surface area contributed by atoms with E-state index in [-0.39, 0.29) is 39.7 Å². The fraction of sp³-hybridized carbons (Fsp3) is 0.296. The Morgan fingerprint density at radius 2 is 1.97 bits per heavy atom. The highest BCUT2D eigenvalue weighted by Gasteiger charge is 2.29. The molecule has 9 nitrogen and oxygen atoms in total. The Morgan fingerprint density at radius 3 is 2.62 bits per heavy atom. The minimum atomic E-state index is -3.41. The third-order valence-corrected chi connectivity index (χ3v) is 8.59. The van der Waals surface area contributed by atoms with Gasteiger partial charge in [0.15, 0.2) is 9.84 Å². The minimum absolute atomic E-state index is 0.0541. The Labute approximate surface area is 231 Å². The first-order valence-corrected chi connectivity index (χ1v) is 14.4. The molecule has 1 aromatic heterocycles.